The molecule has 1 aromatic carbocycles. The van der Waals surface area contributed by atoms with Crippen molar-refractivity contribution in [1.82, 2.24) is 0 Å². The Labute approximate surface area is 111 Å². The predicted octanol–water partition coefficient (Wildman–Crippen LogP) is 1.68. The predicted molar refractivity (Wildman–Crippen MR) is 71.4 cm³/mol. The van der Waals surface area contributed by atoms with Crippen molar-refractivity contribution >= 4 is 16.7 Å². The summed E-state index contributed by atoms with van der Waals surface area (Å²) in [6, 6.07) is 9.98. The van der Waals surface area contributed by atoms with E-state index < -0.39 is 5.97 Å². The van der Waals surface area contributed by atoms with Gasteiger partial charge < -0.3 is 4.74 Å². The number of hydrogen-bond acceptors (Lipinski definition) is 3. The van der Waals surface area contributed by atoms with Crippen LogP contribution in [0.2, 0.25) is 0 Å². The summed E-state index contributed by atoms with van der Waals surface area (Å²) in [4.78, 5) is 16.6. The molecule has 0 radical (unpaired) electrons. The monoisotopic (exact) mass is 258 g/mol. The number of benzene rings is 1. The second-order valence-electron chi connectivity index (χ2n) is 4.18. The van der Waals surface area contributed by atoms with E-state index in [1.165, 1.54) is 0 Å². The maximum Gasteiger partial charge on any atom is 0.333 e. The second-order valence-corrected chi connectivity index (χ2v) is 4.18. The highest BCUT2D eigenvalue weighted by molar-refractivity contribution is 5.86. The van der Waals surface area contributed by atoms with E-state index in [1.807, 2.05) is 42.7 Å². The van der Waals surface area contributed by atoms with E-state index in [2.05, 4.69) is 6.58 Å². The Hall–Kier alpha value is -2.36. The summed E-state index contributed by atoms with van der Waals surface area (Å²) in [5, 5.41) is 2.24. The van der Waals surface area contributed by atoms with E-state index in [0.717, 1.165) is 10.8 Å². The van der Waals surface area contributed by atoms with Crippen LogP contribution in [0.3, 0.4) is 0 Å². The molecule has 0 atom stereocenters. The molecule has 4 heteroatoms. The van der Waals surface area contributed by atoms with Crippen LogP contribution in [0, 0.1) is 0 Å². The zero-order valence-electron chi connectivity index (χ0n) is 10.8. The van der Waals surface area contributed by atoms with Crippen LogP contribution in [0.5, 0.6) is 0 Å². The fraction of sp³-hybridized carbons (Fsp3) is 0.200. The van der Waals surface area contributed by atoms with Crippen molar-refractivity contribution in [1.29, 1.82) is 0 Å². The number of esters is 1. The van der Waals surface area contributed by atoms with Crippen LogP contribution in [0.15, 0.2) is 54.9 Å². The first-order valence-electron chi connectivity index (χ1n) is 6.03. The maximum absolute atomic E-state index is 11.1. The van der Waals surface area contributed by atoms with Gasteiger partial charge in [-0.25, -0.2) is 4.79 Å². The standard InChI is InChI=1S/C15H16NO3/c1-12(2)15(17)18-9-10-19-16-8-7-13-5-3-4-6-14(13)11-16/h3-8,11H,1,9-10H2,2H3/q+1. The first kappa shape index (κ1) is 13.1. The van der Waals surface area contributed by atoms with Crippen molar-refractivity contribution in [3.63, 3.8) is 0 Å². The number of fused-ring (bicyclic) bond motifs is 1. The first-order chi connectivity index (χ1) is 9.16. The molecule has 0 bridgehead atoms. The van der Waals surface area contributed by atoms with Gasteiger partial charge in [0.15, 0.2) is 6.61 Å². The molecule has 0 unspecified atom stereocenters. The lowest BCUT2D eigenvalue weighted by Gasteiger charge is -2.02. The average Bonchev–Trinajstić information content (AvgIpc) is 2.43. The summed E-state index contributed by atoms with van der Waals surface area (Å²) in [6.45, 7) is 5.61. The van der Waals surface area contributed by atoms with E-state index in [0.29, 0.717) is 12.2 Å². The number of hydrogen-bond donors (Lipinski definition) is 0. The molecule has 0 saturated carbocycles. The zero-order valence-corrected chi connectivity index (χ0v) is 10.8. The van der Waals surface area contributed by atoms with Gasteiger partial charge in [0, 0.05) is 16.4 Å². The molecule has 2 rings (SSSR count). The summed E-state index contributed by atoms with van der Waals surface area (Å²) in [5.74, 6) is -0.396. The number of rotatable bonds is 5. The van der Waals surface area contributed by atoms with Gasteiger partial charge in [-0.1, -0.05) is 24.8 Å². The van der Waals surface area contributed by atoms with Gasteiger partial charge in [0.05, 0.1) is 5.39 Å². The Morgan fingerprint density at radius 2 is 1.95 bits per heavy atom. The molecule has 0 spiro atoms. The molecule has 0 amide bonds. The van der Waals surface area contributed by atoms with Crippen molar-refractivity contribution in [3.05, 3.63) is 54.9 Å². The highest BCUT2D eigenvalue weighted by Crippen LogP contribution is 2.08. The highest BCUT2D eigenvalue weighted by atomic mass is 16.7. The van der Waals surface area contributed by atoms with Gasteiger partial charge in [0.1, 0.15) is 6.61 Å². The summed E-state index contributed by atoms with van der Waals surface area (Å²) in [6.07, 6.45) is 3.71. The van der Waals surface area contributed by atoms with Crippen LogP contribution in [0.4, 0.5) is 0 Å². The molecule has 1 heterocycles. The van der Waals surface area contributed by atoms with E-state index in [9.17, 15) is 4.79 Å². The van der Waals surface area contributed by atoms with Gasteiger partial charge in [0.2, 0.25) is 12.4 Å². The van der Waals surface area contributed by atoms with Gasteiger partial charge in [0.25, 0.3) is 0 Å². The lowest BCUT2D eigenvalue weighted by Crippen LogP contribution is -2.43. The van der Waals surface area contributed by atoms with E-state index in [4.69, 9.17) is 9.57 Å². The molecule has 0 saturated heterocycles. The molecule has 4 nitrogen and oxygen atoms in total. The zero-order chi connectivity index (χ0) is 13.7. The van der Waals surface area contributed by atoms with E-state index >= 15 is 0 Å². The molecular formula is C15H16NO3+. The minimum absolute atomic E-state index is 0.200. The summed E-state index contributed by atoms with van der Waals surface area (Å²) in [5.41, 5.74) is 0.387. The summed E-state index contributed by atoms with van der Waals surface area (Å²) < 4.78 is 6.54. The quantitative estimate of drug-likeness (QED) is 0.354. The lowest BCUT2D eigenvalue weighted by molar-refractivity contribution is -0.890. The van der Waals surface area contributed by atoms with Crippen LogP contribution in [0.25, 0.3) is 10.8 Å². The normalized spacial score (nSPS) is 10.2. The molecule has 0 N–H and O–H groups in total. The number of pyridine rings is 1. The van der Waals surface area contributed by atoms with Crippen LogP contribution in [-0.4, -0.2) is 19.2 Å². The molecule has 2 aromatic rings. The van der Waals surface area contributed by atoms with Gasteiger partial charge in [-0.05, 0) is 18.4 Å². The van der Waals surface area contributed by atoms with Crippen LogP contribution >= 0.6 is 0 Å². The lowest BCUT2D eigenvalue weighted by atomic mass is 10.2. The highest BCUT2D eigenvalue weighted by Gasteiger charge is 2.06. The minimum atomic E-state index is -0.396. The third-order valence-electron chi connectivity index (χ3n) is 2.57. The topological polar surface area (TPSA) is 39.4 Å². The molecule has 98 valence electrons. The smallest absolute Gasteiger partial charge is 0.333 e. The number of aromatic nitrogens is 1. The third kappa shape index (κ3) is 3.55. The number of carbonyl (C=O) groups is 1. The van der Waals surface area contributed by atoms with Crippen molar-refractivity contribution in [2.24, 2.45) is 0 Å². The Balaban J connectivity index is 1.88. The molecule has 0 aliphatic carbocycles. The molecule has 0 aliphatic heterocycles. The Morgan fingerprint density at radius 1 is 1.21 bits per heavy atom. The molecule has 0 aliphatic rings. The Kier molecular flexibility index (Phi) is 4.13. The maximum atomic E-state index is 11.1. The first-order valence-corrected chi connectivity index (χ1v) is 6.03. The number of carbonyl (C=O) groups excluding carboxylic acids is 1. The number of ether oxygens (including phenoxy) is 1. The van der Waals surface area contributed by atoms with E-state index in [-0.39, 0.29) is 6.61 Å². The molecule has 0 fully saturated rings. The van der Waals surface area contributed by atoms with Crippen molar-refractivity contribution < 1.29 is 19.1 Å². The fourth-order valence-corrected chi connectivity index (χ4v) is 1.59. The molecular weight excluding hydrogens is 242 g/mol. The Bertz CT molecular complexity index is 607. The average molecular weight is 258 g/mol. The summed E-state index contributed by atoms with van der Waals surface area (Å²) >= 11 is 0. The van der Waals surface area contributed by atoms with Crippen molar-refractivity contribution in [2.45, 2.75) is 6.92 Å². The van der Waals surface area contributed by atoms with Gasteiger partial charge >= 0.3 is 5.97 Å². The van der Waals surface area contributed by atoms with Gasteiger partial charge in [-0.2, -0.15) is 0 Å². The fourth-order valence-electron chi connectivity index (χ4n) is 1.59. The van der Waals surface area contributed by atoms with Gasteiger partial charge in [-0.3, -0.25) is 4.84 Å². The Morgan fingerprint density at radius 3 is 2.68 bits per heavy atom. The minimum Gasteiger partial charge on any atom is -0.458 e. The van der Waals surface area contributed by atoms with E-state index in [1.54, 1.807) is 11.7 Å². The summed E-state index contributed by atoms with van der Waals surface area (Å²) in [7, 11) is 0. The van der Waals surface area contributed by atoms with Crippen LogP contribution < -0.4 is 9.57 Å². The SMILES string of the molecule is C=C(C)C(=O)OCCO[n+]1ccc2ccccc2c1. The third-order valence-corrected chi connectivity index (χ3v) is 2.57. The second kappa shape index (κ2) is 6.00. The molecule has 1 aromatic heterocycles. The van der Waals surface area contributed by atoms with Crippen molar-refractivity contribution in [2.75, 3.05) is 13.2 Å². The molecule has 19 heavy (non-hydrogen) atoms. The van der Waals surface area contributed by atoms with Gasteiger partial charge in [-0.15, -0.1) is 0 Å². The van der Waals surface area contributed by atoms with Crippen LogP contribution in [-0.2, 0) is 9.53 Å². The number of nitrogens with zero attached hydrogens (tertiary/aromatic N) is 1. The largest absolute Gasteiger partial charge is 0.458 e. The van der Waals surface area contributed by atoms with Crippen LogP contribution in [0.1, 0.15) is 6.92 Å². The van der Waals surface area contributed by atoms with Crippen molar-refractivity contribution in [3.8, 4) is 0 Å².